The summed E-state index contributed by atoms with van der Waals surface area (Å²) in [6.45, 7) is 0.115. The van der Waals surface area contributed by atoms with E-state index in [4.69, 9.17) is 11.2 Å². The van der Waals surface area contributed by atoms with E-state index >= 15 is 0 Å². The van der Waals surface area contributed by atoms with E-state index in [-0.39, 0.29) is 18.1 Å². The van der Waals surface area contributed by atoms with Gasteiger partial charge in [-0.15, -0.1) is 6.42 Å². The number of imidazole rings is 1. The number of nitrogens with zero attached hydrogens (tertiary/aromatic N) is 3. The Balaban J connectivity index is 2.81. The number of ether oxygens (including phenoxy) is 1. The second kappa shape index (κ2) is 3.46. The van der Waals surface area contributed by atoms with E-state index in [2.05, 4.69) is 20.9 Å². The molecule has 0 saturated heterocycles. The van der Waals surface area contributed by atoms with Gasteiger partial charge in [-0.1, -0.05) is 5.92 Å². The third-order valence-electron chi connectivity index (χ3n) is 1.94. The maximum Gasteiger partial charge on any atom is 0.301 e. The van der Waals surface area contributed by atoms with Gasteiger partial charge in [-0.05, 0) is 0 Å². The monoisotopic (exact) mass is 204 g/mol. The molecule has 0 radical (unpaired) electrons. The quantitative estimate of drug-likeness (QED) is 0.685. The van der Waals surface area contributed by atoms with Crippen LogP contribution in [0.5, 0.6) is 6.01 Å². The van der Waals surface area contributed by atoms with Crippen molar-refractivity contribution >= 4 is 11.2 Å². The normalized spacial score (nSPS) is 10.1. The van der Waals surface area contributed by atoms with Crippen molar-refractivity contribution in [1.82, 2.24) is 19.5 Å². The minimum Gasteiger partial charge on any atom is -0.468 e. The number of methoxy groups -OCH3 is 1. The van der Waals surface area contributed by atoms with E-state index in [9.17, 15) is 4.79 Å². The van der Waals surface area contributed by atoms with Crippen molar-refractivity contribution in [3.63, 3.8) is 0 Å². The lowest BCUT2D eigenvalue weighted by Crippen LogP contribution is -2.22. The van der Waals surface area contributed by atoms with Crippen molar-refractivity contribution in [3.8, 4) is 18.4 Å². The molecular weight excluding hydrogens is 196 g/mol. The fourth-order valence-corrected chi connectivity index (χ4v) is 1.29. The van der Waals surface area contributed by atoms with Gasteiger partial charge in [0.25, 0.3) is 5.56 Å². The molecule has 76 valence electrons. The highest BCUT2D eigenvalue weighted by Crippen LogP contribution is 2.08. The van der Waals surface area contributed by atoms with Crippen molar-refractivity contribution in [1.29, 1.82) is 0 Å². The molecule has 0 amide bonds. The van der Waals surface area contributed by atoms with Gasteiger partial charge in [-0.25, -0.2) is 9.55 Å². The third-order valence-corrected chi connectivity index (χ3v) is 1.94. The maximum atomic E-state index is 11.8. The molecule has 2 heterocycles. The molecule has 0 unspecified atom stereocenters. The van der Waals surface area contributed by atoms with Crippen molar-refractivity contribution in [2.45, 2.75) is 6.54 Å². The summed E-state index contributed by atoms with van der Waals surface area (Å²) in [5, 5.41) is 0. The summed E-state index contributed by atoms with van der Waals surface area (Å²) < 4.78 is 6.22. The molecule has 0 saturated carbocycles. The summed E-state index contributed by atoms with van der Waals surface area (Å²) in [7, 11) is 1.42. The molecule has 0 fully saturated rings. The van der Waals surface area contributed by atoms with Gasteiger partial charge in [0.1, 0.15) is 0 Å². The van der Waals surface area contributed by atoms with E-state index in [1.54, 1.807) is 0 Å². The number of rotatable bonds is 2. The first-order valence-electron chi connectivity index (χ1n) is 4.19. The Bertz CT molecular complexity index is 590. The van der Waals surface area contributed by atoms with E-state index in [0.29, 0.717) is 11.2 Å². The Labute approximate surface area is 84.9 Å². The lowest BCUT2D eigenvalue weighted by molar-refractivity contribution is 0.355. The Morgan fingerprint density at radius 2 is 2.53 bits per heavy atom. The van der Waals surface area contributed by atoms with Gasteiger partial charge >= 0.3 is 6.01 Å². The van der Waals surface area contributed by atoms with Crippen LogP contribution < -0.4 is 10.3 Å². The summed E-state index contributed by atoms with van der Waals surface area (Å²) in [5.41, 5.74) is 0.364. The minimum absolute atomic E-state index is 0.115. The Morgan fingerprint density at radius 1 is 1.73 bits per heavy atom. The number of H-pyrrole nitrogens is 1. The molecule has 0 aliphatic rings. The Hall–Kier alpha value is -2.29. The molecule has 15 heavy (non-hydrogen) atoms. The molecule has 2 rings (SSSR count). The van der Waals surface area contributed by atoms with Gasteiger partial charge in [0, 0.05) is 0 Å². The first-order valence-corrected chi connectivity index (χ1v) is 4.19. The molecule has 0 atom stereocenters. The minimum atomic E-state index is -0.285. The average molecular weight is 204 g/mol. The molecule has 0 aliphatic carbocycles. The van der Waals surface area contributed by atoms with Crippen LogP contribution >= 0.6 is 0 Å². The van der Waals surface area contributed by atoms with Crippen molar-refractivity contribution < 1.29 is 4.74 Å². The average Bonchev–Trinajstić information content (AvgIpc) is 2.70. The van der Waals surface area contributed by atoms with E-state index < -0.39 is 0 Å². The molecule has 1 N–H and O–H groups in total. The van der Waals surface area contributed by atoms with Crippen LogP contribution in [0.15, 0.2) is 11.1 Å². The van der Waals surface area contributed by atoms with Crippen LogP contribution in [0.2, 0.25) is 0 Å². The van der Waals surface area contributed by atoms with Crippen LogP contribution in [-0.2, 0) is 6.54 Å². The second-order valence-corrected chi connectivity index (χ2v) is 2.80. The molecule has 6 heteroatoms. The number of hydrogen-bond donors (Lipinski definition) is 1. The summed E-state index contributed by atoms with van der Waals surface area (Å²) >= 11 is 0. The third kappa shape index (κ3) is 1.34. The number of fused-ring (bicyclic) bond motifs is 1. The number of aromatic amines is 1. The summed E-state index contributed by atoms with van der Waals surface area (Å²) in [4.78, 5) is 22.5. The molecule has 0 aliphatic heterocycles. The Morgan fingerprint density at radius 3 is 3.20 bits per heavy atom. The van der Waals surface area contributed by atoms with Crippen LogP contribution in [0.3, 0.4) is 0 Å². The summed E-state index contributed by atoms with van der Waals surface area (Å²) in [5.74, 6) is 2.37. The van der Waals surface area contributed by atoms with Gasteiger partial charge in [-0.2, -0.15) is 4.98 Å². The molecule has 0 spiro atoms. The van der Waals surface area contributed by atoms with Gasteiger partial charge in [0.15, 0.2) is 11.2 Å². The van der Waals surface area contributed by atoms with Crippen molar-refractivity contribution in [2.75, 3.05) is 7.11 Å². The lowest BCUT2D eigenvalue weighted by Gasteiger charge is -2.06. The second-order valence-electron chi connectivity index (χ2n) is 2.80. The maximum absolute atomic E-state index is 11.8. The molecule has 2 aromatic heterocycles. The SMILES string of the molecule is C#CCn1c(OC)nc2nc[nH]c2c1=O. The van der Waals surface area contributed by atoms with Gasteiger partial charge in [0.2, 0.25) is 0 Å². The molecule has 6 nitrogen and oxygen atoms in total. The highest BCUT2D eigenvalue weighted by atomic mass is 16.5. The summed E-state index contributed by atoms with van der Waals surface area (Å²) in [6.07, 6.45) is 6.56. The molecule has 0 bridgehead atoms. The topological polar surface area (TPSA) is 72.8 Å². The molecule has 2 aromatic rings. The zero-order valence-electron chi connectivity index (χ0n) is 8.02. The molecular formula is C9H8N4O2. The number of aromatic nitrogens is 4. The fraction of sp³-hybridized carbons (Fsp3) is 0.222. The van der Waals surface area contributed by atoms with Crippen molar-refractivity contribution in [3.05, 3.63) is 16.7 Å². The Kier molecular flexibility index (Phi) is 2.14. The van der Waals surface area contributed by atoms with Crippen LogP contribution in [0, 0.1) is 12.3 Å². The predicted octanol–water partition coefficient (Wildman–Crippen LogP) is -0.239. The number of hydrogen-bond acceptors (Lipinski definition) is 4. The van der Waals surface area contributed by atoms with E-state index in [1.807, 2.05) is 0 Å². The fourth-order valence-electron chi connectivity index (χ4n) is 1.29. The van der Waals surface area contributed by atoms with Crippen molar-refractivity contribution in [2.24, 2.45) is 0 Å². The number of terminal acetylenes is 1. The predicted molar refractivity (Wildman–Crippen MR) is 53.5 cm³/mol. The van der Waals surface area contributed by atoms with E-state index in [1.165, 1.54) is 18.0 Å². The largest absolute Gasteiger partial charge is 0.468 e. The zero-order valence-corrected chi connectivity index (χ0v) is 8.02. The van der Waals surface area contributed by atoms with E-state index in [0.717, 1.165) is 0 Å². The smallest absolute Gasteiger partial charge is 0.301 e. The standard InChI is InChI=1S/C9H8N4O2/c1-3-4-13-8(14)6-7(11-5-10-6)12-9(13)15-2/h1,5H,4H2,2H3,(H,10,11). The molecule has 0 aromatic carbocycles. The lowest BCUT2D eigenvalue weighted by atomic mass is 10.5. The van der Waals surface area contributed by atoms with Crippen LogP contribution in [0.4, 0.5) is 0 Å². The highest BCUT2D eigenvalue weighted by molar-refractivity contribution is 5.68. The first kappa shape index (κ1) is 9.27. The first-order chi connectivity index (χ1) is 7.27. The highest BCUT2D eigenvalue weighted by Gasteiger charge is 2.11. The van der Waals surface area contributed by atoms with Gasteiger partial charge in [-0.3, -0.25) is 4.79 Å². The van der Waals surface area contributed by atoms with Crippen LogP contribution in [-0.4, -0.2) is 26.6 Å². The van der Waals surface area contributed by atoms with Gasteiger partial charge in [0.05, 0.1) is 20.0 Å². The van der Waals surface area contributed by atoms with Crippen LogP contribution in [0.25, 0.3) is 11.2 Å². The number of nitrogens with one attached hydrogen (secondary N) is 1. The zero-order chi connectivity index (χ0) is 10.8. The van der Waals surface area contributed by atoms with Crippen LogP contribution in [0.1, 0.15) is 0 Å². The van der Waals surface area contributed by atoms with Gasteiger partial charge < -0.3 is 9.72 Å². The summed E-state index contributed by atoms with van der Waals surface area (Å²) in [6, 6.07) is 0.164.